The average Bonchev–Trinajstić information content (AvgIpc) is 3.03. The van der Waals surface area contributed by atoms with Crippen molar-refractivity contribution < 1.29 is 17.1 Å². The van der Waals surface area contributed by atoms with Crippen LogP contribution in [0.15, 0.2) is 38.3 Å². The van der Waals surface area contributed by atoms with Gasteiger partial charge in [-0.25, -0.2) is 20.0 Å². The number of aliphatic imine (C=N–C) groups is 4. The Morgan fingerprint density at radius 1 is 0.765 bits per heavy atom. The molecule has 2 aliphatic heterocycles. The molecule has 84 valence electrons. The second-order valence-electron chi connectivity index (χ2n) is 3.16. The summed E-state index contributed by atoms with van der Waals surface area (Å²) in [6, 6.07) is 3.76. The minimum Gasteiger partial charge on any atom is -0.252 e. The Bertz CT molecular complexity index is 582. The maximum atomic E-state index is 4.27. The largest absolute Gasteiger partial charge is 0.252 e. The van der Waals surface area contributed by atoms with Crippen LogP contribution in [0.1, 0.15) is 0 Å². The molecule has 0 radical (unpaired) electrons. The third-order valence-electron chi connectivity index (χ3n) is 2.18. The van der Waals surface area contributed by atoms with E-state index in [2.05, 4.69) is 25.0 Å². The van der Waals surface area contributed by atoms with Crippen LogP contribution < -0.4 is 10.6 Å². The van der Waals surface area contributed by atoms with E-state index in [1.807, 2.05) is 12.1 Å². The molecule has 1 aromatic rings. The van der Waals surface area contributed by atoms with Crippen LogP contribution in [-0.4, -0.2) is 29.8 Å². The van der Waals surface area contributed by atoms with Gasteiger partial charge in [0.25, 0.3) is 0 Å². The minimum absolute atomic E-state index is 0. The molecular formula is C11H7FeN5. The predicted octanol–water partition coefficient (Wildman–Crippen LogP) is -0.479. The second-order valence-corrected chi connectivity index (χ2v) is 3.16. The van der Waals surface area contributed by atoms with Crippen LogP contribution in [0.5, 0.6) is 0 Å². The predicted molar refractivity (Wildman–Crippen MR) is 64.3 cm³/mol. The Kier molecular flexibility index (Phi) is 3.37. The molecule has 0 spiro atoms. The van der Waals surface area contributed by atoms with Gasteiger partial charge in [-0.1, -0.05) is 0 Å². The zero-order valence-corrected chi connectivity index (χ0v) is 9.74. The summed E-state index contributed by atoms with van der Waals surface area (Å²) in [6.07, 6.45) is 8.29. The van der Waals surface area contributed by atoms with Crippen LogP contribution in [0.3, 0.4) is 0 Å². The van der Waals surface area contributed by atoms with E-state index in [0.717, 1.165) is 5.22 Å². The molecule has 5 nitrogen and oxygen atoms in total. The molecule has 0 fully saturated rings. The van der Waals surface area contributed by atoms with Gasteiger partial charge in [0.1, 0.15) is 5.35 Å². The molecular weight excluding hydrogens is 258 g/mol. The molecule has 0 saturated carbocycles. The number of hydrogen-bond donors (Lipinski definition) is 0. The van der Waals surface area contributed by atoms with Crippen LogP contribution in [0.25, 0.3) is 11.6 Å². The van der Waals surface area contributed by atoms with Crippen molar-refractivity contribution in [1.29, 1.82) is 0 Å². The maximum Gasteiger partial charge on any atom is 0.178 e. The smallest absolute Gasteiger partial charge is 0.178 e. The van der Waals surface area contributed by atoms with Gasteiger partial charge >= 0.3 is 0 Å². The van der Waals surface area contributed by atoms with E-state index >= 15 is 0 Å². The van der Waals surface area contributed by atoms with Gasteiger partial charge in [0.15, 0.2) is 11.6 Å². The summed E-state index contributed by atoms with van der Waals surface area (Å²) in [5.74, 6) is 1.24. The zero-order valence-electron chi connectivity index (χ0n) is 8.63. The van der Waals surface area contributed by atoms with Crippen LogP contribution in [0.2, 0.25) is 0 Å². The first-order valence-corrected chi connectivity index (χ1v) is 4.78. The Morgan fingerprint density at radius 3 is 2.00 bits per heavy atom. The third-order valence-corrected chi connectivity index (χ3v) is 2.18. The van der Waals surface area contributed by atoms with Crippen molar-refractivity contribution in [2.45, 2.75) is 0 Å². The maximum absolute atomic E-state index is 4.27. The summed E-state index contributed by atoms with van der Waals surface area (Å²) in [5, 5.41) is 1.55. The van der Waals surface area contributed by atoms with Crippen molar-refractivity contribution in [3.63, 3.8) is 0 Å². The van der Waals surface area contributed by atoms with Crippen LogP contribution in [0, 0.1) is 0 Å². The van der Waals surface area contributed by atoms with Gasteiger partial charge in [-0.15, -0.1) is 0 Å². The second kappa shape index (κ2) is 4.95. The summed E-state index contributed by atoms with van der Waals surface area (Å²) >= 11 is 0. The normalized spacial score (nSPS) is 15.8. The first-order chi connectivity index (χ1) is 7.95. The van der Waals surface area contributed by atoms with E-state index in [9.17, 15) is 0 Å². The van der Waals surface area contributed by atoms with Crippen molar-refractivity contribution >= 4 is 36.5 Å². The van der Waals surface area contributed by atoms with Crippen molar-refractivity contribution in [1.82, 2.24) is 4.98 Å². The fraction of sp³-hybridized carbons (Fsp3) is 0. The first kappa shape index (κ1) is 11.6. The van der Waals surface area contributed by atoms with E-state index in [1.165, 1.54) is 0 Å². The molecule has 3 rings (SSSR count). The molecule has 0 atom stereocenters. The fourth-order valence-corrected chi connectivity index (χ4v) is 1.51. The van der Waals surface area contributed by atoms with Gasteiger partial charge in [-0.05, 0) is 12.1 Å². The SMILES string of the molecule is C1=NC(=c2cccnc2=C2N=CC=N2)N=C1.[Fe]. The number of rotatable bonds is 0. The van der Waals surface area contributed by atoms with Gasteiger partial charge in [-0.3, -0.25) is 4.98 Å². The molecule has 0 N–H and O–H groups in total. The summed E-state index contributed by atoms with van der Waals surface area (Å²) in [7, 11) is 0. The topological polar surface area (TPSA) is 62.3 Å². The summed E-state index contributed by atoms with van der Waals surface area (Å²) in [5.41, 5.74) is 0. The van der Waals surface area contributed by atoms with E-state index in [0.29, 0.717) is 17.0 Å². The molecule has 0 amide bonds. The quantitative estimate of drug-likeness (QED) is 0.584. The minimum atomic E-state index is 0. The van der Waals surface area contributed by atoms with Gasteiger partial charge in [-0.2, -0.15) is 0 Å². The number of hydrogen-bond acceptors (Lipinski definition) is 5. The van der Waals surface area contributed by atoms with Gasteiger partial charge in [0, 0.05) is 53.3 Å². The molecule has 0 saturated heterocycles. The Morgan fingerprint density at radius 2 is 1.35 bits per heavy atom. The molecule has 0 aromatic carbocycles. The van der Waals surface area contributed by atoms with Crippen molar-refractivity contribution in [2.75, 3.05) is 0 Å². The molecule has 3 heterocycles. The van der Waals surface area contributed by atoms with Crippen molar-refractivity contribution in [2.24, 2.45) is 20.0 Å². The molecule has 17 heavy (non-hydrogen) atoms. The molecule has 0 aliphatic carbocycles. The van der Waals surface area contributed by atoms with Gasteiger partial charge in [0.05, 0.1) is 0 Å². The Hall–Kier alpha value is -1.91. The molecule has 1 aromatic heterocycles. The van der Waals surface area contributed by atoms with Crippen molar-refractivity contribution in [3.05, 3.63) is 28.9 Å². The third kappa shape index (κ3) is 2.13. The molecule has 2 aliphatic rings. The summed E-state index contributed by atoms with van der Waals surface area (Å²) in [4.78, 5) is 20.8. The van der Waals surface area contributed by atoms with Crippen LogP contribution in [0.4, 0.5) is 0 Å². The zero-order chi connectivity index (χ0) is 10.8. The van der Waals surface area contributed by atoms with Crippen LogP contribution >= 0.6 is 0 Å². The number of aromatic nitrogens is 1. The van der Waals surface area contributed by atoms with Crippen LogP contribution in [-0.2, 0) is 17.1 Å². The van der Waals surface area contributed by atoms with Crippen molar-refractivity contribution in [3.8, 4) is 0 Å². The molecule has 0 bridgehead atoms. The summed E-state index contributed by atoms with van der Waals surface area (Å²) in [6.45, 7) is 0. The Balaban J connectivity index is 0.00000108. The van der Waals surface area contributed by atoms with Gasteiger partial charge in [0.2, 0.25) is 0 Å². The number of nitrogens with zero attached hydrogens (tertiary/aromatic N) is 5. The van der Waals surface area contributed by atoms with E-state index < -0.39 is 0 Å². The monoisotopic (exact) mass is 265 g/mol. The average molecular weight is 265 g/mol. The van der Waals surface area contributed by atoms with E-state index in [1.54, 1.807) is 31.1 Å². The van der Waals surface area contributed by atoms with E-state index in [4.69, 9.17) is 0 Å². The molecule has 6 heteroatoms. The van der Waals surface area contributed by atoms with E-state index in [-0.39, 0.29) is 17.1 Å². The van der Waals surface area contributed by atoms with Gasteiger partial charge < -0.3 is 0 Å². The summed E-state index contributed by atoms with van der Waals surface area (Å²) < 4.78 is 0. The Labute approximate surface area is 108 Å². The number of pyridine rings is 1. The fourth-order valence-electron chi connectivity index (χ4n) is 1.51. The standard InChI is InChI=1S/C11H7N5.Fe/c1-2-8(10-13-4-5-14-10)9(12-3-1)11-15-6-7-16-11;/h1-7H;. The molecule has 0 unspecified atom stereocenters. The first-order valence-electron chi connectivity index (χ1n) is 4.78.